The van der Waals surface area contributed by atoms with Crippen molar-refractivity contribution < 1.29 is 34.9 Å². The van der Waals surface area contributed by atoms with Gasteiger partial charge in [-0.3, -0.25) is 4.79 Å². The maximum Gasteiger partial charge on any atom is 1.00 e. The molecular weight excluding hydrogens is 878 g/mol. The van der Waals surface area contributed by atoms with Crippen molar-refractivity contribution >= 4 is 51.7 Å². The molecule has 0 atom stereocenters. The topological polar surface area (TPSA) is 46.5 Å². The van der Waals surface area contributed by atoms with E-state index in [0.29, 0.717) is 29.5 Å². The SMILES string of the molecule is Brc1ccc2ccccc2c1-c1ccccc1.C.C1CCOC1.O=C1C2CC3CC(C2)CC1C3.OC1(c2ccc3ccccc3c2-c2ccccc2)C2CC3CC(C2)CC1C3.[B].[CH2-]CCC.[HH].[Li+]. The van der Waals surface area contributed by atoms with Gasteiger partial charge in [-0.2, -0.15) is 6.42 Å². The van der Waals surface area contributed by atoms with Crippen LogP contribution in [0.2, 0.25) is 0 Å². The molecule has 15 rings (SSSR count). The summed E-state index contributed by atoms with van der Waals surface area (Å²) in [5, 5.41) is 17.3. The minimum atomic E-state index is -0.664. The van der Waals surface area contributed by atoms with E-state index in [9.17, 15) is 9.90 Å². The molecule has 1 aliphatic heterocycles. The number of ketones is 1. The first kappa shape index (κ1) is 52.9. The van der Waals surface area contributed by atoms with Crippen LogP contribution in [0.5, 0.6) is 0 Å². The second-order valence-corrected chi connectivity index (χ2v) is 20.9. The minimum Gasteiger partial charge on any atom is -0.385 e. The molecule has 1 N–H and O–H groups in total. The zero-order chi connectivity index (χ0) is 44.0. The first-order chi connectivity index (χ1) is 31.3. The van der Waals surface area contributed by atoms with Crippen LogP contribution >= 0.6 is 15.9 Å². The van der Waals surface area contributed by atoms with E-state index in [0.717, 1.165) is 47.8 Å². The number of carbonyl (C=O) groups excluding carboxylic acids is 1. The fraction of sp³-hybridized carbons (Fsp3) is 0.443. The third-order valence-corrected chi connectivity index (χ3v) is 16.5. The van der Waals surface area contributed by atoms with E-state index < -0.39 is 5.60 Å². The Kier molecular flexibility index (Phi) is 19.3. The quantitative estimate of drug-likeness (QED) is 0.141. The number of halogens is 1. The van der Waals surface area contributed by atoms with Crippen LogP contribution in [0.15, 0.2) is 138 Å². The molecule has 8 saturated carbocycles. The van der Waals surface area contributed by atoms with Crippen LogP contribution < -0.4 is 18.9 Å². The van der Waals surface area contributed by atoms with E-state index >= 15 is 0 Å². The van der Waals surface area contributed by atoms with Crippen molar-refractivity contribution in [1.29, 1.82) is 0 Å². The first-order valence-electron chi connectivity index (χ1n) is 24.8. The van der Waals surface area contributed by atoms with Gasteiger partial charge in [-0.05, 0) is 162 Å². The first-order valence-corrected chi connectivity index (χ1v) is 25.6. The number of hydrogen-bond acceptors (Lipinski definition) is 3. The smallest absolute Gasteiger partial charge is 0.385 e. The van der Waals surface area contributed by atoms with Crippen LogP contribution in [0.1, 0.15) is 111 Å². The van der Waals surface area contributed by atoms with Gasteiger partial charge in [-0.1, -0.05) is 164 Å². The second kappa shape index (κ2) is 24.4. The van der Waals surface area contributed by atoms with Crippen LogP contribution in [0, 0.1) is 54.3 Å². The number of rotatable bonds is 4. The largest absolute Gasteiger partial charge is 1.00 e. The summed E-state index contributed by atoms with van der Waals surface area (Å²) in [4.78, 5) is 11.6. The van der Waals surface area contributed by atoms with Gasteiger partial charge in [0.05, 0.1) is 5.60 Å². The third kappa shape index (κ3) is 11.6. The van der Waals surface area contributed by atoms with Crippen molar-refractivity contribution in [2.75, 3.05) is 13.2 Å². The fourth-order valence-electron chi connectivity index (χ4n) is 13.2. The van der Waals surface area contributed by atoms with Gasteiger partial charge < -0.3 is 16.8 Å². The van der Waals surface area contributed by atoms with E-state index in [1.807, 2.05) is 6.07 Å². The maximum absolute atomic E-state index is 12.3. The summed E-state index contributed by atoms with van der Waals surface area (Å²) in [5.74, 6) is 6.08. The van der Waals surface area contributed by atoms with Gasteiger partial charge in [0.25, 0.3) is 0 Å². The molecule has 1 heterocycles. The number of aliphatic hydroxyl groups is 1. The number of carbonyl (C=O) groups is 1. The number of fused-ring (bicyclic) bond motifs is 2. The standard InChI is InChI=1S/C26H26O.C16H11Br.C10H14O.C4H8O.C4H9.CH4.B.Li.H2/c27-26(21-13-17-12-18(15-21)16-22(26)14-17)24-11-10-19-6-4-5-9-23(19)25(24)20-7-2-1-3-8-20;17-15-11-10-12-6-4-5-9-14(12)16(15)13-7-2-1-3-8-13;11-10-8-2-6-1-7(4-8)5-9(10)3-6;1-2-4-5-3-1;1-3-4-2;;;;/h1-11,17-18,21-22,27H,12-16H2;1-11H;6-9H,1-5H2;1-4H2;1,3-4H2,2H3;1H4;;;1H/q;;;;-1;;;+1;. The molecule has 6 aromatic rings. The van der Waals surface area contributed by atoms with Crippen LogP contribution in [-0.4, -0.2) is 32.5 Å². The van der Waals surface area contributed by atoms with Crippen LogP contribution in [-0.2, 0) is 15.1 Å². The predicted octanol–water partition coefficient (Wildman–Crippen LogP) is 13.4. The van der Waals surface area contributed by atoms with E-state index in [4.69, 9.17) is 4.74 Å². The summed E-state index contributed by atoms with van der Waals surface area (Å²) >= 11 is 3.65. The average molecular weight is 953 g/mol. The van der Waals surface area contributed by atoms with Gasteiger partial charge in [0, 0.05) is 44.9 Å². The van der Waals surface area contributed by atoms with Crippen LogP contribution in [0.4, 0.5) is 0 Å². The minimum absolute atomic E-state index is 0. The molecule has 0 amide bonds. The Hall–Kier alpha value is -3.43. The molecule has 3 radical (unpaired) electrons. The predicted molar refractivity (Wildman–Crippen MR) is 284 cm³/mol. The molecule has 0 unspecified atom stereocenters. The molecule has 9 fully saturated rings. The molecule has 1 saturated heterocycles. The Labute approximate surface area is 427 Å². The number of unbranched alkanes of at least 4 members (excludes halogenated alkanes) is 1. The molecule has 6 heteroatoms. The average Bonchev–Trinajstić information content (AvgIpc) is 3.94. The summed E-state index contributed by atoms with van der Waals surface area (Å²) < 4.78 is 6.09. The van der Waals surface area contributed by atoms with Gasteiger partial charge in [-0.15, -0.1) is 0 Å². The van der Waals surface area contributed by atoms with E-state index in [1.165, 1.54) is 133 Å². The summed E-state index contributed by atoms with van der Waals surface area (Å²) in [6.07, 6.45) is 17.5. The number of hydrogen-bond donors (Lipinski definition) is 1. The molecule has 0 spiro atoms. The maximum atomic E-state index is 12.3. The number of Topliss-reactive ketones (excluding diaryl/α,β-unsaturated/α-hetero) is 1. The molecule has 8 bridgehead atoms. The second-order valence-electron chi connectivity index (χ2n) is 20.1. The summed E-state index contributed by atoms with van der Waals surface area (Å²) in [6.45, 7) is 7.72. The Balaban J connectivity index is 0.000000181. The summed E-state index contributed by atoms with van der Waals surface area (Å²) in [7, 11) is 0. The van der Waals surface area contributed by atoms with Gasteiger partial charge in [-0.25, -0.2) is 0 Å². The molecule has 9 aliphatic rings. The van der Waals surface area contributed by atoms with Crippen molar-refractivity contribution in [2.24, 2.45) is 47.3 Å². The van der Waals surface area contributed by atoms with Gasteiger partial charge in [0.15, 0.2) is 0 Å². The Bertz CT molecular complexity index is 2430. The van der Waals surface area contributed by atoms with Crippen molar-refractivity contribution in [3.05, 3.63) is 150 Å². The Morgan fingerprint density at radius 1 is 0.597 bits per heavy atom. The molecule has 3 nitrogen and oxygen atoms in total. The van der Waals surface area contributed by atoms with E-state index in [-0.39, 0.29) is 36.1 Å². The third-order valence-electron chi connectivity index (χ3n) is 15.9. The van der Waals surface area contributed by atoms with Crippen molar-refractivity contribution in [2.45, 2.75) is 110 Å². The molecule has 0 aromatic heterocycles. The van der Waals surface area contributed by atoms with Crippen LogP contribution in [0.25, 0.3) is 43.8 Å². The normalized spacial score (nSPS) is 27.6. The van der Waals surface area contributed by atoms with E-state index in [1.54, 1.807) is 0 Å². The van der Waals surface area contributed by atoms with Gasteiger partial charge in [0.1, 0.15) is 5.78 Å². The molecule has 6 aromatic carbocycles. The monoisotopic (exact) mass is 952 g/mol. The van der Waals surface area contributed by atoms with Crippen molar-refractivity contribution in [3.8, 4) is 22.3 Å². The van der Waals surface area contributed by atoms with Gasteiger partial charge >= 0.3 is 18.9 Å². The fourth-order valence-corrected chi connectivity index (χ4v) is 13.7. The molecule has 347 valence electrons. The molecular formula is C61H74BBrLiO3. The van der Waals surface area contributed by atoms with Crippen LogP contribution in [0.3, 0.4) is 0 Å². The zero-order valence-electron chi connectivity index (χ0n) is 39.6. The Morgan fingerprint density at radius 2 is 1.00 bits per heavy atom. The number of benzene rings is 6. The van der Waals surface area contributed by atoms with Gasteiger partial charge in [0.2, 0.25) is 0 Å². The zero-order valence-corrected chi connectivity index (χ0v) is 41.1. The molecule has 8 aliphatic carbocycles. The summed E-state index contributed by atoms with van der Waals surface area (Å²) in [6, 6.07) is 47.0. The molecule has 67 heavy (non-hydrogen) atoms. The summed E-state index contributed by atoms with van der Waals surface area (Å²) in [5.41, 5.74) is 5.51. The van der Waals surface area contributed by atoms with Crippen molar-refractivity contribution in [1.82, 2.24) is 0 Å². The van der Waals surface area contributed by atoms with Crippen molar-refractivity contribution in [3.63, 3.8) is 0 Å². The van der Waals surface area contributed by atoms with E-state index in [2.05, 4.69) is 157 Å². The Morgan fingerprint density at radius 3 is 1.45 bits per heavy atom. The number of ether oxygens (including phenoxy) is 1.